The van der Waals surface area contributed by atoms with Crippen LogP contribution in [0.5, 0.6) is 11.5 Å². The number of fused-ring (bicyclic) bond motifs is 2. The van der Waals surface area contributed by atoms with Crippen LogP contribution in [0.25, 0.3) is 11.1 Å². The number of carbonyl (C=O) groups is 1. The molecule has 2 aliphatic rings. The summed E-state index contributed by atoms with van der Waals surface area (Å²) in [4.78, 5) is 11.6. The van der Waals surface area contributed by atoms with Crippen LogP contribution >= 0.6 is 0 Å². The van der Waals surface area contributed by atoms with Crippen LogP contribution in [0.4, 0.5) is 8.78 Å². The van der Waals surface area contributed by atoms with Crippen LogP contribution in [0, 0.1) is 23.0 Å². The third-order valence-corrected chi connectivity index (χ3v) is 8.18. The Morgan fingerprint density at radius 3 is 2.49 bits per heavy atom. The van der Waals surface area contributed by atoms with Crippen LogP contribution in [0.2, 0.25) is 0 Å². The van der Waals surface area contributed by atoms with E-state index in [1.165, 1.54) is 13.2 Å². The molecule has 3 aromatic carbocycles. The second-order valence-corrected chi connectivity index (χ2v) is 11.7. The van der Waals surface area contributed by atoms with Crippen LogP contribution in [0.15, 0.2) is 48.5 Å². The zero-order valence-corrected chi connectivity index (χ0v) is 22.9. The lowest BCUT2D eigenvalue weighted by molar-refractivity contribution is -0.139. The van der Waals surface area contributed by atoms with E-state index >= 15 is 8.78 Å². The van der Waals surface area contributed by atoms with Gasteiger partial charge in [0.1, 0.15) is 18.2 Å². The maximum atomic E-state index is 15.7. The maximum Gasteiger partial charge on any atom is 0.307 e. The van der Waals surface area contributed by atoms with E-state index in [-0.39, 0.29) is 29.7 Å². The first-order chi connectivity index (χ1) is 18.5. The van der Waals surface area contributed by atoms with Crippen molar-refractivity contribution in [2.45, 2.75) is 58.2 Å². The number of halogens is 2. The molecule has 5 rings (SSSR count). The van der Waals surface area contributed by atoms with E-state index in [2.05, 4.69) is 0 Å². The highest BCUT2D eigenvalue weighted by Crippen LogP contribution is 2.62. The van der Waals surface area contributed by atoms with Gasteiger partial charge in [-0.25, -0.2) is 8.78 Å². The number of methoxy groups -OCH3 is 2. The highest BCUT2D eigenvalue weighted by atomic mass is 19.1. The average molecular weight is 537 g/mol. The maximum absolute atomic E-state index is 15.7. The van der Waals surface area contributed by atoms with Gasteiger partial charge in [0.25, 0.3) is 0 Å². The SMILES string of the molecule is COc1ccc(F)c(-c2ccc(COc3ccc4c(c3F)C3(CC4)CC3C(=O)O)cc2C(OC)C(C)(C)C)c1. The van der Waals surface area contributed by atoms with Crippen LogP contribution in [-0.2, 0) is 28.0 Å². The zero-order chi connectivity index (χ0) is 28.1. The molecule has 206 valence electrons. The summed E-state index contributed by atoms with van der Waals surface area (Å²) in [5.74, 6) is -1.61. The van der Waals surface area contributed by atoms with Crippen LogP contribution in [-0.4, -0.2) is 25.3 Å². The molecule has 0 aliphatic heterocycles. The standard InChI is InChI=1S/C32H34F2O5/c1-31(2,3)29(38-5)23-14-18(6-9-21(23)22-15-20(37-4)8-10-25(22)33)17-39-26-11-7-19-12-13-32(27(19)28(26)34)16-24(32)30(35)36/h6-11,14-15,24,29H,12-13,16-17H2,1-5H3,(H,35,36). The third kappa shape index (κ3) is 4.78. The van der Waals surface area contributed by atoms with Crippen molar-refractivity contribution in [2.75, 3.05) is 14.2 Å². The van der Waals surface area contributed by atoms with Crippen molar-refractivity contribution in [1.29, 1.82) is 0 Å². The molecule has 1 fully saturated rings. The van der Waals surface area contributed by atoms with Crippen molar-refractivity contribution in [3.05, 3.63) is 82.4 Å². The molecule has 1 saturated carbocycles. The minimum Gasteiger partial charge on any atom is -0.497 e. The summed E-state index contributed by atoms with van der Waals surface area (Å²) in [5, 5.41) is 9.52. The Balaban J connectivity index is 1.48. The Bertz CT molecular complexity index is 1430. The van der Waals surface area contributed by atoms with Gasteiger partial charge in [0.15, 0.2) is 11.6 Å². The van der Waals surface area contributed by atoms with Gasteiger partial charge in [0, 0.05) is 23.7 Å². The van der Waals surface area contributed by atoms with Crippen molar-refractivity contribution in [1.82, 2.24) is 0 Å². The molecular weight excluding hydrogens is 502 g/mol. The molecule has 2 aliphatic carbocycles. The topological polar surface area (TPSA) is 65.0 Å². The zero-order valence-electron chi connectivity index (χ0n) is 22.9. The van der Waals surface area contributed by atoms with E-state index in [0.29, 0.717) is 41.7 Å². The molecule has 5 nitrogen and oxygen atoms in total. The molecule has 3 unspecified atom stereocenters. The van der Waals surface area contributed by atoms with Gasteiger partial charge in [0.2, 0.25) is 0 Å². The van der Waals surface area contributed by atoms with Gasteiger partial charge in [-0.05, 0) is 77.3 Å². The molecule has 39 heavy (non-hydrogen) atoms. The number of hydrogen-bond donors (Lipinski definition) is 1. The highest BCUT2D eigenvalue weighted by molar-refractivity contribution is 5.78. The molecule has 7 heteroatoms. The van der Waals surface area contributed by atoms with E-state index in [1.54, 1.807) is 25.3 Å². The number of ether oxygens (including phenoxy) is 3. The molecule has 1 N–H and O–H groups in total. The number of aryl methyl sites for hydroxylation is 1. The van der Waals surface area contributed by atoms with Crippen molar-refractivity contribution < 1.29 is 32.9 Å². The fourth-order valence-electron chi connectivity index (χ4n) is 6.23. The molecule has 0 heterocycles. The van der Waals surface area contributed by atoms with E-state index in [0.717, 1.165) is 16.7 Å². The lowest BCUT2D eigenvalue weighted by atomic mass is 9.81. The number of rotatable bonds is 8. The highest BCUT2D eigenvalue weighted by Gasteiger charge is 2.63. The van der Waals surface area contributed by atoms with Crippen LogP contribution in [0.3, 0.4) is 0 Å². The molecule has 1 spiro atoms. The summed E-state index contributed by atoms with van der Waals surface area (Å²) >= 11 is 0. The second kappa shape index (κ2) is 9.94. The summed E-state index contributed by atoms with van der Waals surface area (Å²) in [6.45, 7) is 6.23. The van der Waals surface area contributed by atoms with Crippen LogP contribution in [0.1, 0.15) is 62.0 Å². The molecular formula is C32H34F2O5. The van der Waals surface area contributed by atoms with Gasteiger partial charge in [-0.15, -0.1) is 0 Å². The quantitative estimate of drug-likeness (QED) is 0.329. The molecule has 3 aromatic rings. The number of benzene rings is 3. The number of carboxylic acid groups (broad SMARTS) is 1. The summed E-state index contributed by atoms with van der Waals surface area (Å²) in [6.07, 6.45) is 1.42. The van der Waals surface area contributed by atoms with Crippen molar-refractivity contribution in [3.8, 4) is 22.6 Å². The fourth-order valence-corrected chi connectivity index (χ4v) is 6.23. The predicted molar refractivity (Wildman–Crippen MR) is 144 cm³/mol. The second-order valence-electron chi connectivity index (χ2n) is 11.7. The summed E-state index contributed by atoms with van der Waals surface area (Å²) < 4.78 is 47.9. The van der Waals surface area contributed by atoms with E-state index in [9.17, 15) is 9.90 Å². The number of aliphatic carboxylic acids is 1. The molecule has 0 amide bonds. The lowest BCUT2D eigenvalue weighted by Gasteiger charge is -2.32. The van der Waals surface area contributed by atoms with Crippen molar-refractivity contribution >= 4 is 5.97 Å². The van der Waals surface area contributed by atoms with E-state index in [4.69, 9.17) is 14.2 Å². The van der Waals surface area contributed by atoms with Gasteiger partial charge in [-0.3, -0.25) is 4.79 Å². The number of hydrogen-bond acceptors (Lipinski definition) is 4. The van der Waals surface area contributed by atoms with Gasteiger partial charge in [-0.1, -0.05) is 39.0 Å². The molecule has 0 saturated heterocycles. The minimum atomic E-state index is -0.875. The van der Waals surface area contributed by atoms with Gasteiger partial charge in [0.05, 0.1) is 19.1 Å². The molecule has 0 aromatic heterocycles. The Labute approximate surface area is 227 Å². The first-order valence-corrected chi connectivity index (χ1v) is 13.2. The van der Waals surface area contributed by atoms with Gasteiger partial charge >= 0.3 is 5.97 Å². The molecule has 0 bridgehead atoms. The van der Waals surface area contributed by atoms with E-state index < -0.39 is 23.1 Å². The monoisotopic (exact) mass is 536 g/mol. The lowest BCUT2D eigenvalue weighted by Crippen LogP contribution is -2.21. The fraction of sp³-hybridized carbons (Fsp3) is 0.406. The largest absolute Gasteiger partial charge is 0.497 e. The van der Waals surface area contributed by atoms with Gasteiger partial charge < -0.3 is 19.3 Å². The van der Waals surface area contributed by atoms with Crippen molar-refractivity contribution in [3.63, 3.8) is 0 Å². The first kappa shape index (κ1) is 27.1. The smallest absolute Gasteiger partial charge is 0.307 e. The van der Waals surface area contributed by atoms with Crippen molar-refractivity contribution in [2.24, 2.45) is 11.3 Å². The summed E-state index contributed by atoms with van der Waals surface area (Å²) in [5.41, 5.74) is 3.09. The Hall–Kier alpha value is -3.45. The normalized spacial score (nSPS) is 20.5. The average Bonchev–Trinajstić information content (AvgIpc) is 3.50. The summed E-state index contributed by atoms with van der Waals surface area (Å²) in [7, 11) is 3.17. The Morgan fingerprint density at radius 2 is 1.85 bits per heavy atom. The summed E-state index contributed by atoms with van der Waals surface area (Å²) in [6, 6.07) is 13.7. The Morgan fingerprint density at radius 1 is 1.08 bits per heavy atom. The van der Waals surface area contributed by atoms with E-state index in [1.807, 2.05) is 45.0 Å². The molecule has 3 atom stereocenters. The minimum absolute atomic E-state index is 0.0829. The third-order valence-electron chi connectivity index (χ3n) is 8.18. The van der Waals surface area contributed by atoms with Crippen LogP contribution < -0.4 is 9.47 Å². The predicted octanol–water partition coefficient (Wildman–Crippen LogP) is 7.24. The molecule has 0 radical (unpaired) electrons. The first-order valence-electron chi connectivity index (χ1n) is 13.2. The Kier molecular flexibility index (Phi) is 6.91. The van der Waals surface area contributed by atoms with Gasteiger partial charge in [-0.2, -0.15) is 0 Å². The number of carboxylic acids is 1.